The second kappa shape index (κ2) is 11.6. The lowest BCUT2D eigenvalue weighted by Gasteiger charge is -2.23. The Morgan fingerprint density at radius 3 is 2.58 bits per heavy atom. The maximum atomic E-state index is 15.2. The zero-order valence-electron chi connectivity index (χ0n) is 24.7. The molecule has 0 bridgehead atoms. The van der Waals surface area contributed by atoms with Gasteiger partial charge in [-0.3, -0.25) is 14.6 Å². The van der Waals surface area contributed by atoms with Crippen LogP contribution in [-0.4, -0.2) is 43.9 Å². The van der Waals surface area contributed by atoms with E-state index in [0.717, 1.165) is 12.1 Å². The molecule has 48 heavy (non-hydrogen) atoms. The van der Waals surface area contributed by atoms with E-state index in [4.69, 9.17) is 16.3 Å². The first kappa shape index (κ1) is 31.7. The molecule has 5 aromatic rings. The van der Waals surface area contributed by atoms with Gasteiger partial charge in [0.2, 0.25) is 5.91 Å². The molecular formula is C32H23ClF6N6O3. The summed E-state index contributed by atoms with van der Waals surface area (Å²) >= 11 is 6.24. The molecule has 1 fully saturated rings. The third-order valence-electron chi connectivity index (χ3n) is 8.62. The fourth-order valence-corrected chi connectivity index (χ4v) is 6.68. The standard InChI is InChI=1S/C32H23ClF6N6O3/c1-48-31(47)19-7-14(2-3-21(19)33)17-10-22-24(11-40-43-22)42-27(17)23(6-13-4-15(34)8-16(35)5-13)41-25(46)12-45-29-26(28(44-45)30(36)37)18-9-20(18)32(29,38)39/h2-5,7-8,10-11,18,20,23,30H,6,9,12H2,1H3,(H,40,43)(H,41,46)/t18-,20+,23-/m0/s1. The number of aromatic nitrogens is 5. The summed E-state index contributed by atoms with van der Waals surface area (Å²) in [5.41, 5.74) is 0.0569. The number of hydrogen-bond acceptors (Lipinski definition) is 6. The first-order chi connectivity index (χ1) is 22.8. The monoisotopic (exact) mass is 688 g/mol. The van der Waals surface area contributed by atoms with Crippen LogP contribution in [-0.2, 0) is 28.4 Å². The van der Waals surface area contributed by atoms with Crippen LogP contribution >= 0.6 is 11.6 Å². The number of H-pyrrole nitrogens is 1. The number of aromatic amines is 1. The van der Waals surface area contributed by atoms with Crippen molar-refractivity contribution in [1.29, 1.82) is 0 Å². The van der Waals surface area contributed by atoms with Crippen molar-refractivity contribution in [2.45, 2.75) is 43.7 Å². The van der Waals surface area contributed by atoms with E-state index in [0.29, 0.717) is 32.9 Å². The van der Waals surface area contributed by atoms with Gasteiger partial charge < -0.3 is 10.1 Å². The van der Waals surface area contributed by atoms with Crippen molar-refractivity contribution in [2.75, 3.05) is 7.11 Å². The van der Waals surface area contributed by atoms with E-state index < -0.39 is 71.7 Å². The summed E-state index contributed by atoms with van der Waals surface area (Å²) in [6.07, 6.45) is -1.92. The van der Waals surface area contributed by atoms with Crippen molar-refractivity contribution in [1.82, 2.24) is 30.3 Å². The van der Waals surface area contributed by atoms with E-state index in [1.165, 1.54) is 25.4 Å². The summed E-state index contributed by atoms with van der Waals surface area (Å²) in [5.74, 6) is -8.76. The smallest absolute Gasteiger partial charge is 0.339 e. The molecule has 1 amide bonds. The van der Waals surface area contributed by atoms with Gasteiger partial charge in [-0.1, -0.05) is 17.7 Å². The summed E-state index contributed by atoms with van der Waals surface area (Å²) in [4.78, 5) is 30.7. The number of pyridine rings is 1. The lowest BCUT2D eigenvalue weighted by Crippen LogP contribution is -2.35. The van der Waals surface area contributed by atoms with E-state index in [1.807, 2.05) is 0 Å². The molecule has 2 aliphatic carbocycles. The Morgan fingerprint density at radius 2 is 1.88 bits per heavy atom. The van der Waals surface area contributed by atoms with Crippen LogP contribution in [0.3, 0.4) is 0 Å². The molecule has 2 N–H and O–H groups in total. The topological polar surface area (TPSA) is 115 Å². The number of carbonyl (C=O) groups is 2. The third-order valence-corrected chi connectivity index (χ3v) is 8.95. The van der Waals surface area contributed by atoms with Crippen LogP contribution in [0.25, 0.3) is 22.2 Å². The summed E-state index contributed by atoms with van der Waals surface area (Å²) in [7, 11) is 1.18. The third kappa shape index (κ3) is 5.45. The Hall–Kier alpha value is -4.92. The van der Waals surface area contributed by atoms with Crippen LogP contribution in [0, 0.1) is 17.6 Å². The fourth-order valence-electron chi connectivity index (χ4n) is 6.48. The fraction of sp³-hybridized carbons (Fsp3) is 0.281. The van der Waals surface area contributed by atoms with Crippen LogP contribution in [0.2, 0.25) is 5.02 Å². The minimum atomic E-state index is -3.45. The summed E-state index contributed by atoms with van der Waals surface area (Å²) in [5, 5.41) is 13.3. The quantitative estimate of drug-likeness (QED) is 0.130. The van der Waals surface area contributed by atoms with E-state index in [1.54, 1.807) is 12.1 Å². The second-order valence-electron chi connectivity index (χ2n) is 11.7. The van der Waals surface area contributed by atoms with Gasteiger partial charge in [0, 0.05) is 23.1 Å². The van der Waals surface area contributed by atoms with Crippen LogP contribution in [0.15, 0.2) is 48.7 Å². The Kier molecular flexibility index (Phi) is 7.68. The van der Waals surface area contributed by atoms with Gasteiger partial charge in [0.25, 0.3) is 12.3 Å². The van der Waals surface area contributed by atoms with Gasteiger partial charge in [-0.15, -0.1) is 0 Å². The lowest BCUT2D eigenvalue weighted by molar-refractivity contribution is -0.123. The largest absolute Gasteiger partial charge is 0.465 e. The number of nitrogens with one attached hydrogen (secondary N) is 2. The summed E-state index contributed by atoms with van der Waals surface area (Å²) in [6.45, 7) is -0.852. The summed E-state index contributed by atoms with van der Waals surface area (Å²) < 4.78 is 92.1. The van der Waals surface area contributed by atoms with Crippen molar-refractivity contribution >= 4 is 34.5 Å². The molecule has 2 aromatic carbocycles. The maximum absolute atomic E-state index is 15.2. The number of carbonyl (C=O) groups excluding carboxylic acids is 2. The SMILES string of the molecule is COC(=O)c1cc(-c2cc3[nH]ncc3nc2[C@H](Cc2cc(F)cc(F)c2)NC(=O)Cn2nc(C(F)F)c3c2C(F)(F)[C@@H]2C[C@H]32)ccc1Cl. The van der Waals surface area contributed by atoms with Crippen molar-refractivity contribution in [3.05, 3.63) is 99.1 Å². The highest BCUT2D eigenvalue weighted by Crippen LogP contribution is 2.68. The first-order valence-electron chi connectivity index (χ1n) is 14.6. The second-order valence-corrected chi connectivity index (χ2v) is 12.1. The molecule has 7 rings (SSSR count). The molecular weight excluding hydrogens is 666 g/mol. The Morgan fingerprint density at radius 1 is 1.12 bits per heavy atom. The van der Waals surface area contributed by atoms with E-state index >= 15 is 8.78 Å². The lowest BCUT2D eigenvalue weighted by atomic mass is 9.94. The van der Waals surface area contributed by atoms with Gasteiger partial charge in [0.1, 0.15) is 35.1 Å². The van der Waals surface area contributed by atoms with Crippen molar-refractivity contribution in [3.63, 3.8) is 0 Å². The van der Waals surface area contributed by atoms with E-state index in [-0.39, 0.29) is 40.2 Å². The molecule has 0 radical (unpaired) electrons. The Balaban J connectivity index is 1.32. The zero-order valence-corrected chi connectivity index (χ0v) is 25.5. The molecule has 0 unspecified atom stereocenters. The molecule has 248 valence electrons. The molecule has 3 heterocycles. The molecule has 9 nitrogen and oxygen atoms in total. The van der Waals surface area contributed by atoms with Gasteiger partial charge in [0.15, 0.2) is 0 Å². The average Bonchev–Trinajstić information content (AvgIpc) is 3.44. The first-order valence-corrected chi connectivity index (χ1v) is 15.0. The molecule has 3 aromatic heterocycles. The van der Waals surface area contributed by atoms with Crippen molar-refractivity contribution in [3.8, 4) is 11.1 Å². The van der Waals surface area contributed by atoms with Crippen molar-refractivity contribution < 1.29 is 40.7 Å². The van der Waals surface area contributed by atoms with Gasteiger partial charge in [-0.2, -0.15) is 19.0 Å². The van der Waals surface area contributed by atoms with Gasteiger partial charge >= 0.3 is 5.97 Å². The highest BCUT2D eigenvalue weighted by molar-refractivity contribution is 6.33. The van der Waals surface area contributed by atoms with Crippen molar-refractivity contribution in [2.24, 2.45) is 5.92 Å². The molecule has 0 aliphatic heterocycles. The maximum Gasteiger partial charge on any atom is 0.339 e. The number of halogens is 7. The number of esters is 1. The van der Waals surface area contributed by atoms with Crippen LogP contribution in [0.5, 0.6) is 0 Å². The molecule has 0 saturated heterocycles. The molecule has 1 saturated carbocycles. The number of nitrogens with zero attached hydrogens (tertiary/aromatic N) is 4. The predicted molar refractivity (Wildman–Crippen MR) is 159 cm³/mol. The van der Waals surface area contributed by atoms with Gasteiger partial charge in [-0.25, -0.2) is 27.3 Å². The number of ether oxygens (including phenoxy) is 1. The van der Waals surface area contributed by atoms with Gasteiger partial charge in [-0.05, 0) is 60.2 Å². The number of benzene rings is 2. The van der Waals surface area contributed by atoms with Crippen LogP contribution < -0.4 is 5.32 Å². The zero-order chi connectivity index (χ0) is 34.1. The summed E-state index contributed by atoms with van der Waals surface area (Å²) in [6, 6.07) is 7.68. The number of amides is 1. The highest BCUT2D eigenvalue weighted by Gasteiger charge is 2.67. The van der Waals surface area contributed by atoms with E-state index in [2.05, 4.69) is 25.6 Å². The predicted octanol–water partition coefficient (Wildman–Crippen LogP) is 6.79. The molecule has 16 heteroatoms. The molecule has 0 spiro atoms. The molecule has 3 atom stereocenters. The van der Waals surface area contributed by atoms with Crippen LogP contribution in [0.1, 0.15) is 63.4 Å². The number of fused-ring (bicyclic) bond motifs is 4. The minimum absolute atomic E-state index is 0.0152. The highest BCUT2D eigenvalue weighted by atomic mass is 35.5. The number of methoxy groups -OCH3 is 1. The number of rotatable bonds is 9. The average molecular weight is 689 g/mol. The van der Waals surface area contributed by atoms with Gasteiger partial charge in [0.05, 0.1) is 41.1 Å². The number of hydrogen-bond donors (Lipinski definition) is 2. The van der Waals surface area contributed by atoms with E-state index in [9.17, 15) is 27.2 Å². The normalized spacial score (nSPS) is 18.1. The number of alkyl halides is 4. The Bertz CT molecular complexity index is 2100. The molecule has 2 aliphatic rings. The Labute approximate surface area is 272 Å². The van der Waals surface area contributed by atoms with Crippen LogP contribution in [0.4, 0.5) is 26.3 Å². The minimum Gasteiger partial charge on any atom is -0.465 e.